The van der Waals surface area contributed by atoms with Crippen LogP contribution < -0.4 is 10.1 Å². The molecule has 2 aromatic rings. The minimum atomic E-state index is 0.253. The van der Waals surface area contributed by atoms with Gasteiger partial charge in [0.25, 0.3) is 0 Å². The van der Waals surface area contributed by atoms with Gasteiger partial charge in [0.15, 0.2) is 0 Å². The van der Waals surface area contributed by atoms with Gasteiger partial charge in [0, 0.05) is 11.6 Å². The zero-order valence-corrected chi connectivity index (χ0v) is 12.5. The van der Waals surface area contributed by atoms with Crippen LogP contribution in [0.1, 0.15) is 36.3 Å². The lowest BCUT2D eigenvalue weighted by Gasteiger charge is -2.18. The number of ether oxygens (including phenoxy) is 1. The van der Waals surface area contributed by atoms with Crippen molar-refractivity contribution in [2.24, 2.45) is 0 Å². The fourth-order valence-electron chi connectivity index (χ4n) is 2.36. The molecule has 1 atom stereocenters. The Balaban J connectivity index is 2.19. The van der Waals surface area contributed by atoms with Gasteiger partial charge in [0.2, 0.25) is 0 Å². The average Bonchev–Trinajstić information content (AvgIpc) is 2.90. The zero-order chi connectivity index (χ0) is 14.4. The maximum atomic E-state index is 5.45. The number of hydrogen-bond acceptors (Lipinski definition) is 3. The highest BCUT2D eigenvalue weighted by Crippen LogP contribution is 2.26. The van der Waals surface area contributed by atoms with Gasteiger partial charge in [-0.1, -0.05) is 25.1 Å². The predicted octanol–water partition coefficient (Wildman–Crippen LogP) is 3.88. The van der Waals surface area contributed by atoms with E-state index in [0.717, 1.165) is 30.9 Å². The Morgan fingerprint density at radius 3 is 2.75 bits per heavy atom. The van der Waals surface area contributed by atoms with Crippen molar-refractivity contribution in [2.45, 2.75) is 32.7 Å². The van der Waals surface area contributed by atoms with Crippen molar-refractivity contribution in [3.8, 4) is 5.75 Å². The first kappa shape index (κ1) is 14.7. The molecule has 20 heavy (non-hydrogen) atoms. The highest BCUT2D eigenvalue weighted by molar-refractivity contribution is 5.35. The lowest BCUT2D eigenvalue weighted by Crippen LogP contribution is -2.23. The van der Waals surface area contributed by atoms with Gasteiger partial charge in [-0.15, -0.1) is 0 Å². The number of nitrogens with one attached hydrogen (secondary N) is 1. The molecule has 1 N–H and O–H groups in total. The number of aryl methyl sites for hydroxylation is 1. The van der Waals surface area contributed by atoms with Crippen molar-refractivity contribution in [1.29, 1.82) is 0 Å². The maximum absolute atomic E-state index is 5.45. The molecule has 3 heteroatoms. The van der Waals surface area contributed by atoms with Crippen molar-refractivity contribution in [3.05, 3.63) is 53.5 Å². The number of hydrogen-bond donors (Lipinski definition) is 1. The SMILES string of the molecule is CCCNC(Cc1ccccc1OC)c1coc(C)c1. The second kappa shape index (κ2) is 7.15. The molecular weight excluding hydrogens is 250 g/mol. The zero-order valence-electron chi connectivity index (χ0n) is 12.5. The van der Waals surface area contributed by atoms with E-state index in [4.69, 9.17) is 9.15 Å². The normalized spacial score (nSPS) is 12.3. The van der Waals surface area contributed by atoms with Crippen molar-refractivity contribution < 1.29 is 9.15 Å². The van der Waals surface area contributed by atoms with Gasteiger partial charge in [-0.05, 0) is 44.0 Å². The van der Waals surface area contributed by atoms with Crippen LogP contribution in [0.4, 0.5) is 0 Å². The summed E-state index contributed by atoms with van der Waals surface area (Å²) in [6.07, 6.45) is 3.85. The summed E-state index contributed by atoms with van der Waals surface area (Å²) in [5, 5.41) is 3.58. The first-order chi connectivity index (χ1) is 9.74. The molecule has 0 radical (unpaired) electrons. The van der Waals surface area contributed by atoms with Gasteiger partial charge in [-0.25, -0.2) is 0 Å². The van der Waals surface area contributed by atoms with Crippen LogP contribution in [-0.4, -0.2) is 13.7 Å². The minimum Gasteiger partial charge on any atom is -0.496 e. The quantitative estimate of drug-likeness (QED) is 0.831. The molecule has 108 valence electrons. The number of furan rings is 1. The van der Waals surface area contributed by atoms with E-state index in [0.29, 0.717) is 0 Å². The predicted molar refractivity (Wildman–Crippen MR) is 81.2 cm³/mol. The summed E-state index contributed by atoms with van der Waals surface area (Å²) < 4.78 is 10.9. The third-order valence-corrected chi connectivity index (χ3v) is 3.41. The van der Waals surface area contributed by atoms with Gasteiger partial charge in [-0.3, -0.25) is 0 Å². The molecule has 1 aromatic carbocycles. The molecule has 0 saturated heterocycles. The van der Waals surface area contributed by atoms with Crippen LogP contribution in [0.15, 0.2) is 41.0 Å². The Morgan fingerprint density at radius 1 is 1.30 bits per heavy atom. The molecule has 3 nitrogen and oxygen atoms in total. The smallest absolute Gasteiger partial charge is 0.122 e. The molecule has 1 unspecified atom stereocenters. The van der Waals surface area contributed by atoms with Gasteiger partial charge in [0.05, 0.1) is 13.4 Å². The largest absolute Gasteiger partial charge is 0.496 e. The van der Waals surface area contributed by atoms with Crippen LogP contribution in [0, 0.1) is 6.92 Å². The van der Waals surface area contributed by atoms with E-state index in [1.54, 1.807) is 7.11 Å². The van der Waals surface area contributed by atoms with Crippen LogP contribution in [0.25, 0.3) is 0 Å². The molecule has 0 bridgehead atoms. The van der Waals surface area contributed by atoms with Crippen LogP contribution in [0.5, 0.6) is 5.75 Å². The molecule has 0 aliphatic carbocycles. The molecule has 0 aliphatic rings. The standard InChI is InChI=1S/C17H23NO2/c1-4-9-18-16(15-10-13(2)20-12-15)11-14-7-5-6-8-17(14)19-3/h5-8,10,12,16,18H,4,9,11H2,1-3H3. The second-order valence-corrected chi connectivity index (χ2v) is 5.01. The van der Waals surface area contributed by atoms with Gasteiger partial charge < -0.3 is 14.5 Å². The van der Waals surface area contributed by atoms with E-state index in [2.05, 4.69) is 30.4 Å². The molecule has 0 fully saturated rings. The highest BCUT2D eigenvalue weighted by Gasteiger charge is 2.15. The van der Waals surface area contributed by atoms with E-state index in [-0.39, 0.29) is 6.04 Å². The number of para-hydroxylation sites is 1. The van der Waals surface area contributed by atoms with Gasteiger partial charge >= 0.3 is 0 Å². The lowest BCUT2D eigenvalue weighted by molar-refractivity contribution is 0.405. The Kier molecular flexibility index (Phi) is 5.24. The van der Waals surface area contributed by atoms with Crippen molar-refractivity contribution in [2.75, 3.05) is 13.7 Å². The summed E-state index contributed by atoms with van der Waals surface area (Å²) >= 11 is 0. The molecule has 2 rings (SSSR count). The topological polar surface area (TPSA) is 34.4 Å². The second-order valence-electron chi connectivity index (χ2n) is 5.01. The van der Waals surface area contributed by atoms with Crippen molar-refractivity contribution in [1.82, 2.24) is 5.32 Å². The molecule has 1 aromatic heterocycles. The first-order valence-electron chi connectivity index (χ1n) is 7.15. The van der Waals surface area contributed by atoms with E-state index in [1.807, 2.05) is 25.3 Å². The molecular formula is C17H23NO2. The summed E-state index contributed by atoms with van der Waals surface area (Å²) in [5.41, 5.74) is 2.41. The van der Waals surface area contributed by atoms with Crippen molar-refractivity contribution in [3.63, 3.8) is 0 Å². The summed E-state index contributed by atoms with van der Waals surface area (Å²) in [6, 6.07) is 10.5. The maximum Gasteiger partial charge on any atom is 0.122 e. The van der Waals surface area contributed by atoms with Crippen LogP contribution >= 0.6 is 0 Å². The van der Waals surface area contributed by atoms with Crippen molar-refractivity contribution >= 4 is 0 Å². The van der Waals surface area contributed by atoms with Crippen LogP contribution in [0.3, 0.4) is 0 Å². The lowest BCUT2D eigenvalue weighted by atomic mass is 10.00. The number of benzene rings is 1. The van der Waals surface area contributed by atoms with E-state index >= 15 is 0 Å². The first-order valence-corrected chi connectivity index (χ1v) is 7.15. The van der Waals surface area contributed by atoms with E-state index < -0.39 is 0 Å². The Bertz CT molecular complexity index is 533. The highest BCUT2D eigenvalue weighted by atomic mass is 16.5. The van der Waals surface area contributed by atoms with Gasteiger partial charge in [0.1, 0.15) is 11.5 Å². The molecule has 0 spiro atoms. The fourth-order valence-corrected chi connectivity index (χ4v) is 2.36. The Morgan fingerprint density at radius 2 is 2.10 bits per heavy atom. The van der Waals surface area contributed by atoms with E-state index in [1.165, 1.54) is 11.1 Å². The van der Waals surface area contributed by atoms with E-state index in [9.17, 15) is 0 Å². The van der Waals surface area contributed by atoms with Crippen LogP contribution in [-0.2, 0) is 6.42 Å². The molecule has 0 aliphatic heterocycles. The monoisotopic (exact) mass is 273 g/mol. The Hall–Kier alpha value is -1.74. The fraction of sp³-hybridized carbons (Fsp3) is 0.412. The molecule has 1 heterocycles. The Labute approximate surface area is 121 Å². The van der Waals surface area contributed by atoms with Gasteiger partial charge in [-0.2, -0.15) is 0 Å². The number of rotatable bonds is 7. The third kappa shape index (κ3) is 3.64. The summed E-state index contributed by atoms with van der Waals surface area (Å²) in [5.74, 6) is 1.89. The average molecular weight is 273 g/mol. The molecule has 0 amide bonds. The van der Waals surface area contributed by atoms with Crippen LogP contribution in [0.2, 0.25) is 0 Å². The number of methoxy groups -OCH3 is 1. The third-order valence-electron chi connectivity index (χ3n) is 3.41. The molecule has 0 saturated carbocycles. The summed E-state index contributed by atoms with van der Waals surface area (Å²) in [7, 11) is 1.72. The summed E-state index contributed by atoms with van der Waals surface area (Å²) in [6.45, 7) is 5.14. The minimum absolute atomic E-state index is 0.253. The summed E-state index contributed by atoms with van der Waals surface area (Å²) in [4.78, 5) is 0.